The van der Waals surface area contributed by atoms with Gasteiger partial charge in [0.05, 0.1) is 10.8 Å². The van der Waals surface area contributed by atoms with Crippen molar-refractivity contribution in [2.24, 2.45) is 0 Å². The smallest absolute Gasteiger partial charge is 0.266 e. The largest absolute Gasteiger partial charge is 0.419 e. The Labute approximate surface area is 174 Å². The van der Waals surface area contributed by atoms with E-state index in [4.69, 9.17) is 4.42 Å². The summed E-state index contributed by atoms with van der Waals surface area (Å²) in [6.45, 7) is 0.807. The molecule has 30 heavy (non-hydrogen) atoms. The molecular weight excluding hydrogens is 400 g/mol. The number of aromatic nitrogens is 3. The van der Waals surface area contributed by atoms with Crippen molar-refractivity contribution in [2.75, 3.05) is 13.1 Å². The third-order valence-electron chi connectivity index (χ3n) is 5.43. The Bertz CT molecular complexity index is 1280. The average molecular weight is 420 g/mol. The van der Waals surface area contributed by atoms with Crippen LogP contribution in [0.3, 0.4) is 0 Å². The summed E-state index contributed by atoms with van der Waals surface area (Å²) in [5.74, 6) is 0.658. The molecule has 0 N–H and O–H groups in total. The highest BCUT2D eigenvalue weighted by molar-refractivity contribution is 7.89. The molecule has 2 aromatic heterocycles. The van der Waals surface area contributed by atoms with E-state index >= 15 is 0 Å². The lowest BCUT2D eigenvalue weighted by Crippen LogP contribution is -2.39. The lowest BCUT2D eigenvalue weighted by atomic mass is 10.00. The summed E-state index contributed by atoms with van der Waals surface area (Å²) in [4.78, 5) is 4.73. The Morgan fingerprint density at radius 3 is 2.63 bits per heavy atom. The summed E-state index contributed by atoms with van der Waals surface area (Å²) < 4.78 is 33.5. The summed E-state index contributed by atoms with van der Waals surface area (Å²) in [6, 6.07) is 18.3. The standard InChI is InChI=1S/C22H20N4O3S/c27-30(28,18-9-2-1-3-10-18)26-14-6-8-17(15-26)21-24-25-22(29-21)20-19-11-5-4-7-16(19)12-13-23-20/h1-5,7,9-13,17H,6,8,14-15H2/t17-/m0/s1. The van der Waals surface area contributed by atoms with E-state index in [9.17, 15) is 8.42 Å². The van der Waals surface area contributed by atoms with Gasteiger partial charge in [-0.05, 0) is 36.4 Å². The summed E-state index contributed by atoms with van der Waals surface area (Å²) in [5, 5.41) is 10.4. The van der Waals surface area contributed by atoms with E-state index in [-0.39, 0.29) is 5.92 Å². The number of sulfonamides is 1. The third kappa shape index (κ3) is 3.38. The van der Waals surface area contributed by atoms with Gasteiger partial charge >= 0.3 is 0 Å². The van der Waals surface area contributed by atoms with E-state index < -0.39 is 10.0 Å². The molecule has 7 nitrogen and oxygen atoms in total. The van der Waals surface area contributed by atoms with Crippen LogP contribution in [0.1, 0.15) is 24.7 Å². The molecule has 1 saturated heterocycles. The van der Waals surface area contributed by atoms with Crippen LogP contribution in [0.15, 0.2) is 76.2 Å². The molecule has 0 bridgehead atoms. The van der Waals surface area contributed by atoms with E-state index in [1.54, 1.807) is 36.5 Å². The molecule has 2 aromatic carbocycles. The number of benzene rings is 2. The number of nitrogens with zero attached hydrogens (tertiary/aromatic N) is 4. The molecule has 5 rings (SSSR count). The van der Waals surface area contributed by atoms with Crippen molar-refractivity contribution in [3.8, 4) is 11.6 Å². The minimum atomic E-state index is -3.55. The Morgan fingerprint density at radius 2 is 1.77 bits per heavy atom. The molecule has 0 radical (unpaired) electrons. The van der Waals surface area contributed by atoms with Crippen LogP contribution >= 0.6 is 0 Å². The molecule has 152 valence electrons. The summed E-state index contributed by atoms with van der Waals surface area (Å²) in [7, 11) is -3.55. The Balaban J connectivity index is 1.43. The first-order valence-corrected chi connectivity index (χ1v) is 11.3. The molecule has 1 aliphatic rings. The molecule has 0 aliphatic carbocycles. The average Bonchev–Trinajstić information content (AvgIpc) is 3.29. The molecule has 0 amide bonds. The van der Waals surface area contributed by atoms with Crippen molar-refractivity contribution < 1.29 is 12.8 Å². The van der Waals surface area contributed by atoms with Gasteiger partial charge in [-0.3, -0.25) is 4.98 Å². The predicted octanol–water partition coefficient (Wildman–Crippen LogP) is 3.85. The highest BCUT2D eigenvalue weighted by Gasteiger charge is 2.33. The van der Waals surface area contributed by atoms with Crippen LogP contribution in [-0.2, 0) is 10.0 Å². The van der Waals surface area contributed by atoms with E-state index in [1.165, 1.54) is 4.31 Å². The fourth-order valence-corrected chi connectivity index (χ4v) is 5.43. The molecule has 0 spiro atoms. The van der Waals surface area contributed by atoms with Gasteiger partial charge in [0.25, 0.3) is 5.89 Å². The topological polar surface area (TPSA) is 89.2 Å². The van der Waals surface area contributed by atoms with Gasteiger partial charge in [0, 0.05) is 24.7 Å². The zero-order chi connectivity index (χ0) is 20.6. The van der Waals surface area contributed by atoms with Gasteiger partial charge in [-0.2, -0.15) is 4.31 Å². The maximum absolute atomic E-state index is 13.0. The van der Waals surface area contributed by atoms with Crippen LogP contribution in [0.25, 0.3) is 22.4 Å². The minimum absolute atomic E-state index is 0.145. The molecule has 1 fully saturated rings. The Kier molecular flexibility index (Phi) is 4.80. The van der Waals surface area contributed by atoms with Gasteiger partial charge < -0.3 is 4.42 Å². The SMILES string of the molecule is O=S(=O)(c1ccccc1)N1CCC[C@H](c2nnc(-c3nccc4ccccc34)o2)C1. The van der Waals surface area contributed by atoms with Gasteiger partial charge in [-0.1, -0.05) is 42.5 Å². The number of pyridine rings is 1. The highest BCUT2D eigenvalue weighted by Crippen LogP contribution is 2.32. The molecule has 3 heterocycles. The second-order valence-corrected chi connectivity index (χ2v) is 9.28. The zero-order valence-electron chi connectivity index (χ0n) is 16.2. The lowest BCUT2D eigenvalue weighted by molar-refractivity contribution is 0.286. The molecule has 8 heteroatoms. The maximum atomic E-state index is 13.0. The molecule has 4 aromatic rings. The fourth-order valence-electron chi connectivity index (χ4n) is 3.89. The zero-order valence-corrected chi connectivity index (χ0v) is 17.0. The van der Waals surface area contributed by atoms with Crippen LogP contribution in [0.2, 0.25) is 0 Å². The van der Waals surface area contributed by atoms with Crippen molar-refractivity contribution in [2.45, 2.75) is 23.7 Å². The monoisotopic (exact) mass is 420 g/mol. The number of fused-ring (bicyclic) bond motifs is 1. The van der Waals surface area contributed by atoms with Crippen LogP contribution in [0.4, 0.5) is 0 Å². The van der Waals surface area contributed by atoms with Crippen molar-refractivity contribution in [1.29, 1.82) is 0 Å². The van der Waals surface area contributed by atoms with E-state index in [0.717, 1.165) is 23.6 Å². The van der Waals surface area contributed by atoms with Gasteiger partial charge in [0.2, 0.25) is 15.9 Å². The number of piperidine rings is 1. The number of rotatable bonds is 4. The van der Waals surface area contributed by atoms with Crippen LogP contribution < -0.4 is 0 Å². The van der Waals surface area contributed by atoms with Gasteiger partial charge in [-0.25, -0.2) is 8.42 Å². The number of hydrogen-bond donors (Lipinski definition) is 0. The Morgan fingerprint density at radius 1 is 0.967 bits per heavy atom. The lowest BCUT2D eigenvalue weighted by Gasteiger charge is -2.30. The highest BCUT2D eigenvalue weighted by atomic mass is 32.2. The number of hydrogen-bond acceptors (Lipinski definition) is 6. The first-order chi connectivity index (χ1) is 14.6. The van der Waals surface area contributed by atoms with Crippen molar-refractivity contribution in [3.05, 3.63) is 72.8 Å². The third-order valence-corrected chi connectivity index (χ3v) is 7.31. The summed E-state index contributed by atoms with van der Waals surface area (Å²) >= 11 is 0. The van der Waals surface area contributed by atoms with Gasteiger partial charge in [0.1, 0.15) is 5.69 Å². The fraction of sp³-hybridized carbons (Fsp3) is 0.227. The van der Waals surface area contributed by atoms with E-state index in [1.807, 2.05) is 30.3 Å². The van der Waals surface area contributed by atoms with Crippen molar-refractivity contribution in [3.63, 3.8) is 0 Å². The van der Waals surface area contributed by atoms with Crippen LogP contribution in [-0.4, -0.2) is 41.0 Å². The molecular formula is C22H20N4O3S. The summed E-state index contributed by atoms with van der Waals surface area (Å²) in [5.41, 5.74) is 0.636. The second-order valence-electron chi connectivity index (χ2n) is 7.34. The minimum Gasteiger partial charge on any atom is -0.419 e. The van der Waals surface area contributed by atoms with Crippen molar-refractivity contribution >= 4 is 20.8 Å². The maximum Gasteiger partial charge on any atom is 0.266 e. The molecule has 0 saturated carbocycles. The first kappa shape index (κ1) is 18.9. The Hall–Kier alpha value is -3.10. The van der Waals surface area contributed by atoms with Crippen LogP contribution in [0.5, 0.6) is 0 Å². The summed E-state index contributed by atoms with van der Waals surface area (Å²) in [6.07, 6.45) is 3.25. The van der Waals surface area contributed by atoms with Crippen LogP contribution in [0, 0.1) is 0 Å². The molecule has 0 unspecified atom stereocenters. The predicted molar refractivity (Wildman–Crippen MR) is 112 cm³/mol. The van der Waals surface area contributed by atoms with Gasteiger partial charge in [0.15, 0.2) is 0 Å². The first-order valence-electron chi connectivity index (χ1n) is 9.85. The normalized spacial score (nSPS) is 17.9. The van der Waals surface area contributed by atoms with Crippen molar-refractivity contribution in [1.82, 2.24) is 19.5 Å². The molecule has 1 aliphatic heterocycles. The molecule has 1 atom stereocenters. The van der Waals surface area contributed by atoms with E-state index in [2.05, 4.69) is 15.2 Å². The van der Waals surface area contributed by atoms with Gasteiger partial charge in [-0.15, -0.1) is 10.2 Å². The van der Waals surface area contributed by atoms with E-state index in [0.29, 0.717) is 35.5 Å². The second kappa shape index (κ2) is 7.62. The quantitative estimate of drug-likeness (QED) is 0.498.